The molecule has 0 bridgehead atoms. The fourth-order valence-electron chi connectivity index (χ4n) is 2.31. The molecule has 0 spiro atoms. The van der Waals surface area contributed by atoms with Crippen molar-refractivity contribution < 1.29 is 14.3 Å². The number of halogens is 1. The summed E-state index contributed by atoms with van der Waals surface area (Å²) in [5.74, 6) is -0.0319. The van der Waals surface area contributed by atoms with Crippen LogP contribution in [-0.2, 0) is 4.79 Å². The summed E-state index contributed by atoms with van der Waals surface area (Å²) >= 11 is 6.08. The maximum absolute atomic E-state index is 12.2. The van der Waals surface area contributed by atoms with E-state index in [-0.39, 0.29) is 17.9 Å². The van der Waals surface area contributed by atoms with Crippen LogP contribution in [0.5, 0.6) is 5.75 Å². The van der Waals surface area contributed by atoms with E-state index in [2.05, 4.69) is 5.32 Å². The standard InChI is InChI=1S/C14H18ClN3O3/c1-21-10-4-5-12(11(15)7-10)17-14(20)18-6-2-3-9(8-18)13(16)19/h4-5,7,9H,2-3,6,8H2,1H3,(H2,16,19)(H,17,20). The first kappa shape index (κ1) is 15.4. The van der Waals surface area contributed by atoms with E-state index in [9.17, 15) is 9.59 Å². The van der Waals surface area contributed by atoms with Gasteiger partial charge >= 0.3 is 6.03 Å². The number of hydrogen-bond acceptors (Lipinski definition) is 3. The molecule has 0 aliphatic carbocycles. The van der Waals surface area contributed by atoms with Crippen LogP contribution >= 0.6 is 11.6 Å². The number of ether oxygens (including phenoxy) is 1. The maximum atomic E-state index is 12.2. The summed E-state index contributed by atoms with van der Waals surface area (Å²) in [4.78, 5) is 25.0. The molecule has 3 N–H and O–H groups in total. The predicted octanol–water partition coefficient (Wildman–Crippen LogP) is 2.08. The molecule has 1 unspecified atom stereocenters. The second kappa shape index (κ2) is 6.67. The number of rotatable bonds is 3. The van der Waals surface area contributed by atoms with Crippen molar-refractivity contribution in [3.63, 3.8) is 0 Å². The number of amides is 3. The molecule has 1 aliphatic rings. The Labute approximate surface area is 128 Å². The SMILES string of the molecule is COc1ccc(NC(=O)N2CCCC(C(N)=O)C2)c(Cl)c1. The van der Waals surface area contributed by atoms with Crippen molar-refractivity contribution in [2.45, 2.75) is 12.8 Å². The molecule has 1 saturated heterocycles. The summed E-state index contributed by atoms with van der Waals surface area (Å²) in [6, 6.07) is 4.73. The van der Waals surface area contributed by atoms with Gasteiger partial charge in [0.15, 0.2) is 0 Å². The van der Waals surface area contributed by atoms with Crippen molar-refractivity contribution in [1.29, 1.82) is 0 Å². The summed E-state index contributed by atoms with van der Waals surface area (Å²) in [6.45, 7) is 0.943. The van der Waals surface area contributed by atoms with Gasteiger partial charge in [-0.25, -0.2) is 4.79 Å². The Morgan fingerprint density at radius 1 is 1.48 bits per heavy atom. The molecule has 1 aliphatic heterocycles. The lowest BCUT2D eigenvalue weighted by Gasteiger charge is -2.31. The van der Waals surface area contributed by atoms with E-state index >= 15 is 0 Å². The Kier molecular flexibility index (Phi) is 4.90. The zero-order valence-corrected chi connectivity index (χ0v) is 12.5. The summed E-state index contributed by atoms with van der Waals surface area (Å²) < 4.78 is 5.05. The molecule has 3 amide bonds. The van der Waals surface area contributed by atoms with Crippen molar-refractivity contribution in [3.05, 3.63) is 23.2 Å². The lowest BCUT2D eigenvalue weighted by atomic mass is 9.98. The number of hydrogen-bond donors (Lipinski definition) is 2. The molecule has 0 saturated carbocycles. The fraction of sp³-hybridized carbons (Fsp3) is 0.429. The van der Waals surface area contributed by atoms with E-state index in [1.54, 1.807) is 30.2 Å². The topological polar surface area (TPSA) is 84.7 Å². The molecule has 1 fully saturated rings. The zero-order chi connectivity index (χ0) is 15.4. The highest BCUT2D eigenvalue weighted by Crippen LogP contribution is 2.27. The molecule has 7 heteroatoms. The Bertz CT molecular complexity index is 550. The molecular weight excluding hydrogens is 294 g/mol. The van der Waals surface area contributed by atoms with Gasteiger partial charge in [-0.15, -0.1) is 0 Å². The van der Waals surface area contributed by atoms with E-state index in [0.29, 0.717) is 29.5 Å². The van der Waals surface area contributed by atoms with Crippen LogP contribution in [0.25, 0.3) is 0 Å². The summed E-state index contributed by atoms with van der Waals surface area (Å²) in [5.41, 5.74) is 5.81. The van der Waals surface area contributed by atoms with E-state index in [1.807, 2.05) is 0 Å². The highest BCUT2D eigenvalue weighted by atomic mass is 35.5. The number of nitrogens with one attached hydrogen (secondary N) is 1. The average molecular weight is 312 g/mol. The van der Waals surface area contributed by atoms with Crippen molar-refractivity contribution in [1.82, 2.24) is 4.90 Å². The monoisotopic (exact) mass is 311 g/mol. The van der Waals surface area contributed by atoms with Gasteiger partial charge in [-0.1, -0.05) is 11.6 Å². The number of carbonyl (C=O) groups excluding carboxylic acids is 2. The number of nitrogens with two attached hydrogens (primary N) is 1. The minimum Gasteiger partial charge on any atom is -0.497 e. The van der Waals surface area contributed by atoms with Crippen molar-refractivity contribution in [3.8, 4) is 5.75 Å². The number of piperidine rings is 1. The molecule has 0 radical (unpaired) electrons. The molecule has 1 atom stereocenters. The number of likely N-dealkylation sites (tertiary alicyclic amines) is 1. The van der Waals surface area contributed by atoms with Crippen LogP contribution < -0.4 is 15.8 Å². The van der Waals surface area contributed by atoms with Gasteiger partial charge in [0, 0.05) is 19.2 Å². The first-order valence-electron chi connectivity index (χ1n) is 6.70. The van der Waals surface area contributed by atoms with Gasteiger partial charge in [-0.3, -0.25) is 4.79 Å². The number of anilines is 1. The lowest BCUT2D eigenvalue weighted by molar-refractivity contribution is -0.123. The summed E-state index contributed by atoms with van der Waals surface area (Å²) in [7, 11) is 1.54. The molecule has 114 valence electrons. The van der Waals surface area contributed by atoms with E-state index in [4.69, 9.17) is 22.1 Å². The third kappa shape index (κ3) is 3.78. The van der Waals surface area contributed by atoms with Gasteiger partial charge in [-0.2, -0.15) is 0 Å². The lowest BCUT2D eigenvalue weighted by Crippen LogP contribution is -2.45. The fourth-order valence-corrected chi connectivity index (χ4v) is 2.53. The van der Waals surface area contributed by atoms with Gasteiger partial charge in [-0.05, 0) is 25.0 Å². The third-order valence-corrected chi connectivity index (χ3v) is 3.84. The van der Waals surface area contributed by atoms with Crippen LogP contribution in [0.3, 0.4) is 0 Å². The minimum atomic E-state index is -0.366. The smallest absolute Gasteiger partial charge is 0.321 e. The highest BCUT2D eigenvalue weighted by molar-refractivity contribution is 6.33. The third-order valence-electron chi connectivity index (χ3n) is 3.53. The first-order valence-corrected chi connectivity index (χ1v) is 7.08. The quantitative estimate of drug-likeness (QED) is 0.896. The number of methoxy groups -OCH3 is 1. The minimum absolute atomic E-state index is 0.282. The molecule has 6 nitrogen and oxygen atoms in total. The molecular formula is C14H18ClN3O3. The van der Waals surface area contributed by atoms with Crippen LogP contribution in [0.1, 0.15) is 12.8 Å². The van der Waals surface area contributed by atoms with Crippen LogP contribution in [-0.4, -0.2) is 37.0 Å². The number of primary amides is 1. The molecule has 21 heavy (non-hydrogen) atoms. The van der Waals surface area contributed by atoms with Crippen LogP contribution in [0.2, 0.25) is 5.02 Å². The second-order valence-corrected chi connectivity index (χ2v) is 5.37. The Morgan fingerprint density at radius 2 is 2.24 bits per heavy atom. The Balaban J connectivity index is 2.02. The molecule has 0 aromatic heterocycles. The van der Waals surface area contributed by atoms with Crippen molar-refractivity contribution in [2.24, 2.45) is 11.7 Å². The second-order valence-electron chi connectivity index (χ2n) is 4.96. The normalized spacial score (nSPS) is 18.2. The first-order chi connectivity index (χ1) is 10.0. The summed E-state index contributed by atoms with van der Waals surface area (Å²) in [6.07, 6.45) is 1.49. The van der Waals surface area contributed by atoms with Crippen LogP contribution in [0, 0.1) is 5.92 Å². The van der Waals surface area contributed by atoms with E-state index in [1.165, 1.54) is 0 Å². The molecule has 1 aromatic carbocycles. The van der Waals surface area contributed by atoms with Gasteiger partial charge in [0.1, 0.15) is 5.75 Å². The van der Waals surface area contributed by atoms with E-state index in [0.717, 1.165) is 12.8 Å². The number of nitrogens with zero attached hydrogens (tertiary/aromatic N) is 1. The molecule has 1 heterocycles. The predicted molar refractivity (Wildman–Crippen MR) is 80.5 cm³/mol. The Hall–Kier alpha value is -1.95. The zero-order valence-electron chi connectivity index (χ0n) is 11.8. The summed E-state index contributed by atoms with van der Waals surface area (Å²) in [5, 5.41) is 3.13. The highest BCUT2D eigenvalue weighted by Gasteiger charge is 2.27. The molecule has 2 rings (SSSR count). The maximum Gasteiger partial charge on any atom is 0.321 e. The number of urea groups is 1. The van der Waals surface area contributed by atoms with Crippen molar-refractivity contribution >= 4 is 29.2 Å². The van der Waals surface area contributed by atoms with Gasteiger partial charge < -0.3 is 20.7 Å². The van der Waals surface area contributed by atoms with Crippen LogP contribution in [0.4, 0.5) is 10.5 Å². The van der Waals surface area contributed by atoms with E-state index < -0.39 is 0 Å². The molecule has 1 aromatic rings. The van der Waals surface area contributed by atoms with Crippen LogP contribution in [0.15, 0.2) is 18.2 Å². The van der Waals surface area contributed by atoms with Gasteiger partial charge in [0.25, 0.3) is 0 Å². The largest absolute Gasteiger partial charge is 0.497 e. The number of benzene rings is 1. The Morgan fingerprint density at radius 3 is 2.86 bits per heavy atom. The van der Waals surface area contributed by atoms with Gasteiger partial charge in [0.2, 0.25) is 5.91 Å². The van der Waals surface area contributed by atoms with Crippen molar-refractivity contribution in [2.75, 3.05) is 25.5 Å². The number of carbonyl (C=O) groups is 2. The average Bonchev–Trinajstić information content (AvgIpc) is 2.49. The van der Waals surface area contributed by atoms with Gasteiger partial charge in [0.05, 0.1) is 23.7 Å².